The maximum absolute atomic E-state index is 12.7. The molecule has 0 aliphatic carbocycles. The van der Waals surface area contributed by atoms with E-state index in [9.17, 15) is 9.59 Å². The highest BCUT2D eigenvalue weighted by atomic mass is 16.5. The number of methoxy groups -OCH3 is 1. The van der Waals surface area contributed by atoms with Crippen LogP contribution in [0, 0.1) is 5.92 Å². The van der Waals surface area contributed by atoms with Gasteiger partial charge in [-0.3, -0.25) is 14.5 Å². The molecule has 1 aromatic rings. The van der Waals surface area contributed by atoms with Gasteiger partial charge < -0.3 is 10.1 Å². The lowest BCUT2D eigenvalue weighted by atomic mass is 9.84. The number of benzene rings is 1. The first-order chi connectivity index (χ1) is 10.2. The zero-order valence-electron chi connectivity index (χ0n) is 12.0. The summed E-state index contributed by atoms with van der Waals surface area (Å²) in [5, 5.41) is 2.99. The van der Waals surface area contributed by atoms with Crippen molar-refractivity contribution in [3.63, 3.8) is 0 Å². The smallest absolute Gasteiger partial charge is 0.310 e. The monoisotopic (exact) mass is 286 g/mol. The number of carbonyl (C=O) groups is 2. The maximum atomic E-state index is 12.7. The van der Waals surface area contributed by atoms with Gasteiger partial charge in [0.15, 0.2) is 0 Å². The molecule has 0 unspecified atom stereocenters. The van der Waals surface area contributed by atoms with Crippen LogP contribution in [0.2, 0.25) is 0 Å². The third kappa shape index (κ3) is 1.50. The van der Waals surface area contributed by atoms with Crippen molar-refractivity contribution < 1.29 is 14.3 Å². The summed E-state index contributed by atoms with van der Waals surface area (Å²) in [5.41, 5.74) is 1.20. The zero-order chi connectivity index (χ0) is 14.6. The Labute approximate surface area is 123 Å². The van der Waals surface area contributed by atoms with Crippen LogP contribution in [-0.2, 0) is 19.9 Å². The maximum Gasteiger partial charge on any atom is 0.310 e. The molecule has 5 nitrogen and oxygen atoms in total. The first kappa shape index (κ1) is 12.8. The topological polar surface area (TPSA) is 58.6 Å². The van der Waals surface area contributed by atoms with Crippen molar-refractivity contribution in [1.29, 1.82) is 0 Å². The van der Waals surface area contributed by atoms with Crippen molar-refractivity contribution in [3.8, 4) is 0 Å². The Balaban J connectivity index is 1.84. The lowest BCUT2D eigenvalue weighted by Crippen LogP contribution is -2.47. The Kier molecular flexibility index (Phi) is 2.63. The van der Waals surface area contributed by atoms with Gasteiger partial charge in [-0.15, -0.1) is 0 Å². The summed E-state index contributed by atoms with van der Waals surface area (Å²) in [4.78, 5) is 27.1. The largest absolute Gasteiger partial charge is 0.469 e. The molecule has 3 heterocycles. The predicted molar refractivity (Wildman–Crippen MR) is 76.6 cm³/mol. The summed E-state index contributed by atoms with van der Waals surface area (Å²) in [7, 11) is 1.43. The highest BCUT2D eigenvalue weighted by molar-refractivity contribution is 6.06. The molecule has 3 aliphatic rings. The van der Waals surface area contributed by atoms with Crippen LogP contribution in [0.5, 0.6) is 0 Å². The van der Waals surface area contributed by atoms with Gasteiger partial charge in [-0.25, -0.2) is 0 Å². The van der Waals surface area contributed by atoms with E-state index in [4.69, 9.17) is 4.74 Å². The normalized spacial score (nSPS) is 33.9. The van der Waals surface area contributed by atoms with E-state index in [0.29, 0.717) is 6.42 Å². The van der Waals surface area contributed by atoms with Gasteiger partial charge >= 0.3 is 5.97 Å². The standard InChI is InChI=1S/C16H18N2O3/c1-21-14(19)10-9-16(18-8-4-7-13(10)18)11-5-2-3-6-12(11)17-15(16)20/h2-3,5-6,10,13H,4,7-9H2,1H3,(H,17,20)/t10-,13+,16-/m0/s1. The van der Waals surface area contributed by atoms with Gasteiger partial charge in [-0.2, -0.15) is 0 Å². The predicted octanol–water partition coefficient (Wildman–Crippen LogP) is 1.49. The van der Waals surface area contributed by atoms with Crippen LogP contribution in [0.3, 0.4) is 0 Å². The van der Waals surface area contributed by atoms with Crippen LogP contribution < -0.4 is 5.32 Å². The molecule has 3 atom stereocenters. The molecule has 4 rings (SSSR count). The van der Waals surface area contributed by atoms with Gasteiger partial charge in [0.2, 0.25) is 5.91 Å². The second kappa shape index (κ2) is 4.31. The van der Waals surface area contributed by atoms with Crippen LogP contribution in [0.15, 0.2) is 24.3 Å². The fourth-order valence-electron chi connectivity index (χ4n) is 4.44. The van der Waals surface area contributed by atoms with Crippen molar-refractivity contribution in [2.24, 2.45) is 5.92 Å². The van der Waals surface area contributed by atoms with E-state index < -0.39 is 5.54 Å². The van der Waals surface area contributed by atoms with Gasteiger partial charge in [-0.1, -0.05) is 18.2 Å². The third-order valence-corrected chi connectivity index (χ3v) is 5.27. The number of hydrogen-bond donors (Lipinski definition) is 1. The van der Waals surface area contributed by atoms with Crippen LogP contribution in [0.1, 0.15) is 24.8 Å². The van der Waals surface area contributed by atoms with Crippen LogP contribution >= 0.6 is 0 Å². The number of rotatable bonds is 1. The average Bonchev–Trinajstić information content (AvgIpc) is 3.15. The van der Waals surface area contributed by atoms with Crippen molar-refractivity contribution in [3.05, 3.63) is 29.8 Å². The van der Waals surface area contributed by atoms with Gasteiger partial charge in [0.25, 0.3) is 0 Å². The molecule has 1 amide bonds. The van der Waals surface area contributed by atoms with Crippen molar-refractivity contribution in [1.82, 2.24) is 4.90 Å². The molecular formula is C16H18N2O3. The van der Waals surface area contributed by atoms with E-state index in [1.807, 2.05) is 24.3 Å². The zero-order valence-corrected chi connectivity index (χ0v) is 12.0. The summed E-state index contributed by atoms with van der Waals surface area (Å²) in [6.07, 6.45) is 2.50. The molecule has 0 saturated carbocycles. The minimum absolute atomic E-state index is 0.00185. The highest BCUT2D eigenvalue weighted by Crippen LogP contribution is 2.54. The van der Waals surface area contributed by atoms with Crippen molar-refractivity contribution in [2.45, 2.75) is 30.8 Å². The lowest BCUT2D eigenvalue weighted by Gasteiger charge is -2.32. The number of carbonyl (C=O) groups excluding carboxylic acids is 2. The Morgan fingerprint density at radius 2 is 2.24 bits per heavy atom. The Morgan fingerprint density at radius 3 is 3.05 bits per heavy atom. The van der Waals surface area contributed by atoms with Crippen molar-refractivity contribution in [2.75, 3.05) is 19.0 Å². The number of anilines is 1. The number of nitrogens with zero attached hydrogens (tertiary/aromatic N) is 1. The number of esters is 1. The summed E-state index contributed by atoms with van der Waals surface area (Å²) in [6.45, 7) is 0.861. The van der Waals surface area contributed by atoms with Gasteiger partial charge in [0, 0.05) is 17.3 Å². The molecule has 1 spiro atoms. The molecule has 21 heavy (non-hydrogen) atoms. The van der Waals surface area contributed by atoms with E-state index in [1.54, 1.807) is 0 Å². The van der Waals surface area contributed by atoms with Crippen LogP contribution in [0.4, 0.5) is 5.69 Å². The second-order valence-corrected chi connectivity index (χ2v) is 6.10. The summed E-state index contributed by atoms with van der Waals surface area (Å²) >= 11 is 0. The van der Waals surface area contributed by atoms with E-state index >= 15 is 0 Å². The molecule has 1 N–H and O–H groups in total. The average molecular weight is 286 g/mol. The molecule has 0 radical (unpaired) electrons. The Bertz CT molecular complexity index is 630. The number of amides is 1. The molecule has 5 heteroatoms. The Hall–Kier alpha value is -1.88. The van der Waals surface area contributed by atoms with E-state index in [-0.39, 0.29) is 23.8 Å². The molecule has 2 saturated heterocycles. The van der Waals surface area contributed by atoms with E-state index in [0.717, 1.165) is 30.6 Å². The molecule has 110 valence electrons. The van der Waals surface area contributed by atoms with Crippen LogP contribution in [0.25, 0.3) is 0 Å². The molecule has 1 aromatic carbocycles. The number of nitrogens with one attached hydrogen (secondary N) is 1. The van der Waals surface area contributed by atoms with Crippen molar-refractivity contribution >= 4 is 17.6 Å². The van der Waals surface area contributed by atoms with Crippen LogP contribution in [-0.4, -0.2) is 36.5 Å². The highest BCUT2D eigenvalue weighted by Gasteiger charge is 2.62. The lowest BCUT2D eigenvalue weighted by molar-refractivity contribution is -0.146. The number of ether oxygens (including phenoxy) is 1. The fraction of sp³-hybridized carbons (Fsp3) is 0.500. The number of hydrogen-bond acceptors (Lipinski definition) is 4. The minimum Gasteiger partial charge on any atom is -0.469 e. The number of fused-ring (bicyclic) bond motifs is 4. The SMILES string of the molecule is COC(=O)[C@H]1C[C@]2(C(=O)Nc3ccccc32)N2CCC[C@H]12. The quantitative estimate of drug-likeness (QED) is 0.795. The van der Waals surface area contributed by atoms with Gasteiger partial charge in [0.1, 0.15) is 5.54 Å². The third-order valence-electron chi connectivity index (χ3n) is 5.27. The second-order valence-electron chi connectivity index (χ2n) is 6.10. The first-order valence-corrected chi connectivity index (χ1v) is 7.44. The van der Waals surface area contributed by atoms with E-state index in [2.05, 4.69) is 10.2 Å². The summed E-state index contributed by atoms with van der Waals surface area (Å²) in [6, 6.07) is 7.93. The van der Waals surface area contributed by atoms with Gasteiger partial charge in [0.05, 0.1) is 13.0 Å². The van der Waals surface area contributed by atoms with E-state index in [1.165, 1.54) is 7.11 Å². The molecule has 3 aliphatic heterocycles. The minimum atomic E-state index is -0.684. The molecular weight excluding hydrogens is 268 g/mol. The first-order valence-electron chi connectivity index (χ1n) is 7.44. The Morgan fingerprint density at radius 1 is 1.43 bits per heavy atom. The summed E-state index contributed by atoms with van der Waals surface area (Å²) in [5.74, 6) is -0.405. The summed E-state index contributed by atoms with van der Waals surface area (Å²) < 4.78 is 4.97. The fourth-order valence-corrected chi connectivity index (χ4v) is 4.44. The van der Waals surface area contributed by atoms with Gasteiger partial charge in [-0.05, 0) is 31.9 Å². The molecule has 2 fully saturated rings. The number of para-hydroxylation sites is 1. The molecule has 0 bridgehead atoms. The molecule has 0 aromatic heterocycles.